The van der Waals surface area contributed by atoms with Gasteiger partial charge in [-0.3, -0.25) is 9.69 Å². The van der Waals surface area contributed by atoms with Crippen molar-refractivity contribution in [1.82, 2.24) is 19.8 Å². The fourth-order valence-electron chi connectivity index (χ4n) is 1.74. The summed E-state index contributed by atoms with van der Waals surface area (Å²) in [5, 5.41) is 2.96. The lowest BCUT2D eigenvalue weighted by Crippen LogP contribution is -2.38. The van der Waals surface area contributed by atoms with E-state index in [1.54, 1.807) is 13.2 Å². The molecule has 1 aromatic heterocycles. The molecular formula is C12H22N4O2. The van der Waals surface area contributed by atoms with Crippen molar-refractivity contribution in [2.45, 2.75) is 19.0 Å². The summed E-state index contributed by atoms with van der Waals surface area (Å²) in [6.07, 6.45) is 4.42. The van der Waals surface area contributed by atoms with E-state index in [-0.39, 0.29) is 12.0 Å². The fourth-order valence-corrected chi connectivity index (χ4v) is 1.74. The number of esters is 1. The van der Waals surface area contributed by atoms with Crippen LogP contribution in [-0.4, -0.2) is 54.2 Å². The van der Waals surface area contributed by atoms with Crippen molar-refractivity contribution in [3.8, 4) is 0 Å². The number of nitrogens with zero attached hydrogens (tertiary/aromatic N) is 3. The van der Waals surface area contributed by atoms with E-state index in [0.29, 0.717) is 6.42 Å². The molecular weight excluding hydrogens is 232 g/mol. The van der Waals surface area contributed by atoms with Crippen LogP contribution in [0.4, 0.5) is 0 Å². The van der Waals surface area contributed by atoms with Crippen LogP contribution in [0, 0.1) is 0 Å². The normalized spacial score (nSPS) is 12.7. The lowest BCUT2D eigenvalue weighted by Gasteiger charge is -2.19. The zero-order chi connectivity index (χ0) is 13.5. The fraction of sp³-hybridized carbons (Fsp3) is 0.667. The molecule has 1 atom stereocenters. The van der Waals surface area contributed by atoms with Crippen molar-refractivity contribution >= 4 is 5.97 Å². The third kappa shape index (κ3) is 4.12. The van der Waals surface area contributed by atoms with Gasteiger partial charge in [-0.25, -0.2) is 4.98 Å². The maximum absolute atomic E-state index is 11.4. The van der Waals surface area contributed by atoms with Gasteiger partial charge in [0.05, 0.1) is 13.7 Å². The average Bonchev–Trinajstić information content (AvgIpc) is 2.75. The first-order valence-electron chi connectivity index (χ1n) is 5.98. The van der Waals surface area contributed by atoms with Crippen LogP contribution in [0.15, 0.2) is 12.4 Å². The second-order valence-corrected chi connectivity index (χ2v) is 4.35. The van der Waals surface area contributed by atoms with Crippen molar-refractivity contribution in [3.05, 3.63) is 18.2 Å². The number of carbonyl (C=O) groups excluding carboxylic acids is 1. The van der Waals surface area contributed by atoms with Crippen LogP contribution >= 0.6 is 0 Å². The van der Waals surface area contributed by atoms with E-state index in [0.717, 1.165) is 18.9 Å². The second-order valence-electron chi connectivity index (χ2n) is 4.35. The quantitative estimate of drug-likeness (QED) is 0.694. The van der Waals surface area contributed by atoms with Crippen molar-refractivity contribution in [2.75, 3.05) is 27.7 Å². The Kier molecular flexibility index (Phi) is 5.80. The summed E-state index contributed by atoms with van der Waals surface area (Å²) >= 11 is 0. The molecule has 18 heavy (non-hydrogen) atoms. The zero-order valence-corrected chi connectivity index (χ0v) is 11.5. The van der Waals surface area contributed by atoms with Crippen molar-refractivity contribution in [3.63, 3.8) is 0 Å². The Morgan fingerprint density at radius 2 is 2.39 bits per heavy atom. The Balaban J connectivity index is 2.38. The number of aromatic nitrogens is 2. The minimum Gasteiger partial charge on any atom is -0.468 e. The number of ether oxygens (including phenoxy) is 1. The summed E-state index contributed by atoms with van der Waals surface area (Å²) < 4.78 is 6.72. The zero-order valence-electron chi connectivity index (χ0n) is 11.5. The maximum atomic E-state index is 11.4. The van der Waals surface area contributed by atoms with Gasteiger partial charge >= 0.3 is 5.97 Å². The van der Waals surface area contributed by atoms with E-state index in [2.05, 4.69) is 15.2 Å². The number of nitrogens with one attached hydrogen (secondary N) is 1. The molecule has 0 aliphatic heterocycles. The number of carbonyl (C=O) groups is 1. The number of aryl methyl sites for hydroxylation is 1. The Morgan fingerprint density at radius 1 is 1.67 bits per heavy atom. The van der Waals surface area contributed by atoms with Gasteiger partial charge < -0.3 is 14.6 Å². The largest absolute Gasteiger partial charge is 0.468 e. The monoisotopic (exact) mass is 254 g/mol. The van der Waals surface area contributed by atoms with Crippen molar-refractivity contribution < 1.29 is 9.53 Å². The molecule has 0 aliphatic rings. The molecule has 0 aromatic carbocycles. The lowest BCUT2D eigenvalue weighted by atomic mass is 10.2. The summed E-state index contributed by atoms with van der Waals surface area (Å²) in [5.74, 6) is 0.791. The summed E-state index contributed by atoms with van der Waals surface area (Å²) in [6, 6.07) is -0.251. The second kappa shape index (κ2) is 7.13. The molecule has 1 aromatic rings. The van der Waals surface area contributed by atoms with E-state index in [9.17, 15) is 4.79 Å². The number of hydrogen-bond acceptors (Lipinski definition) is 5. The third-order valence-electron chi connectivity index (χ3n) is 2.97. The van der Waals surface area contributed by atoms with Crippen LogP contribution < -0.4 is 5.32 Å². The van der Waals surface area contributed by atoms with Crippen molar-refractivity contribution in [1.29, 1.82) is 0 Å². The first-order chi connectivity index (χ1) is 8.58. The smallest absolute Gasteiger partial charge is 0.322 e. The highest BCUT2D eigenvalue weighted by Gasteiger charge is 2.17. The van der Waals surface area contributed by atoms with E-state index in [1.807, 2.05) is 24.9 Å². The van der Waals surface area contributed by atoms with Gasteiger partial charge in [0.25, 0.3) is 0 Å². The molecule has 1 unspecified atom stereocenters. The predicted octanol–water partition coefficient (Wildman–Crippen LogP) is 0.00300. The summed E-state index contributed by atoms with van der Waals surface area (Å²) in [5.41, 5.74) is 0. The lowest BCUT2D eigenvalue weighted by molar-refractivity contribution is -0.143. The number of likely N-dealkylation sites (N-methyl/N-ethyl adjacent to an activating group) is 1. The Labute approximate surface area is 108 Å². The standard InChI is InChI=1S/C12H22N4O2/c1-13-10(12(17)18-4)5-7-15(2)9-11-14-6-8-16(11)3/h6,8,10,13H,5,7,9H2,1-4H3. The molecule has 102 valence electrons. The van der Waals surface area contributed by atoms with Crippen LogP contribution in [0.2, 0.25) is 0 Å². The molecule has 1 heterocycles. The van der Waals surface area contributed by atoms with Gasteiger partial charge in [0, 0.05) is 26.0 Å². The van der Waals surface area contributed by atoms with Crippen LogP contribution in [-0.2, 0) is 23.1 Å². The molecule has 0 spiro atoms. The molecule has 0 bridgehead atoms. The van der Waals surface area contributed by atoms with E-state index < -0.39 is 0 Å². The summed E-state index contributed by atoms with van der Waals surface area (Å²) in [7, 11) is 7.16. The maximum Gasteiger partial charge on any atom is 0.322 e. The van der Waals surface area contributed by atoms with Crippen LogP contribution in [0.5, 0.6) is 0 Å². The molecule has 0 aliphatic carbocycles. The Morgan fingerprint density at radius 3 is 2.89 bits per heavy atom. The number of rotatable bonds is 7. The molecule has 1 rings (SSSR count). The van der Waals surface area contributed by atoms with Gasteiger partial charge in [-0.1, -0.05) is 0 Å². The van der Waals surface area contributed by atoms with E-state index >= 15 is 0 Å². The highest BCUT2D eigenvalue weighted by molar-refractivity contribution is 5.75. The number of hydrogen-bond donors (Lipinski definition) is 1. The molecule has 6 heteroatoms. The van der Waals surface area contributed by atoms with Crippen LogP contribution in [0.25, 0.3) is 0 Å². The Hall–Kier alpha value is -1.40. The number of imidazole rings is 1. The minimum atomic E-state index is -0.251. The van der Waals surface area contributed by atoms with Gasteiger partial charge in [0.2, 0.25) is 0 Å². The first-order valence-corrected chi connectivity index (χ1v) is 5.98. The summed E-state index contributed by atoms with van der Waals surface area (Å²) in [4.78, 5) is 17.8. The summed E-state index contributed by atoms with van der Waals surface area (Å²) in [6.45, 7) is 1.56. The molecule has 0 saturated carbocycles. The van der Waals surface area contributed by atoms with Gasteiger partial charge in [-0.05, 0) is 20.5 Å². The SMILES string of the molecule is CNC(CCN(C)Cc1nccn1C)C(=O)OC. The topological polar surface area (TPSA) is 59.4 Å². The number of methoxy groups -OCH3 is 1. The molecule has 6 nitrogen and oxygen atoms in total. The molecule has 0 fully saturated rings. The minimum absolute atomic E-state index is 0.220. The molecule has 0 amide bonds. The molecule has 0 radical (unpaired) electrons. The average molecular weight is 254 g/mol. The third-order valence-corrected chi connectivity index (χ3v) is 2.97. The van der Waals surface area contributed by atoms with Gasteiger partial charge in [0.15, 0.2) is 0 Å². The highest BCUT2D eigenvalue weighted by Crippen LogP contribution is 2.02. The van der Waals surface area contributed by atoms with Gasteiger partial charge in [-0.2, -0.15) is 0 Å². The van der Waals surface area contributed by atoms with Crippen LogP contribution in [0.3, 0.4) is 0 Å². The van der Waals surface area contributed by atoms with Crippen molar-refractivity contribution in [2.24, 2.45) is 7.05 Å². The van der Waals surface area contributed by atoms with Gasteiger partial charge in [-0.15, -0.1) is 0 Å². The molecule has 1 N–H and O–H groups in total. The Bertz CT molecular complexity index is 378. The van der Waals surface area contributed by atoms with E-state index in [4.69, 9.17) is 4.74 Å². The first kappa shape index (κ1) is 14.7. The van der Waals surface area contributed by atoms with E-state index in [1.165, 1.54) is 7.11 Å². The van der Waals surface area contributed by atoms with Gasteiger partial charge in [0.1, 0.15) is 11.9 Å². The predicted molar refractivity (Wildman–Crippen MR) is 69.0 cm³/mol. The highest BCUT2D eigenvalue weighted by atomic mass is 16.5. The molecule has 0 saturated heterocycles. The van der Waals surface area contributed by atoms with Crippen LogP contribution in [0.1, 0.15) is 12.2 Å².